The number of amides is 1. The molecule has 1 fully saturated rings. The molecule has 1 saturated carbocycles. The van der Waals surface area contributed by atoms with E-state index in [0.717, 1.165) is 19.3 Å². The van der Waals surface area contributed by atoms with Crippen molar-refractivity contribution in [3.8, 4) is 0 Å². The number of hydrogen-bond acceptors (Lipinski definition) is 2. The van der Waals surface area contributed by atoms with Crippen LogP contribution in [0.5, 0.6) is 0 Å². The summed E-state index contributed by atoms with van der Waals surface area (Å²) in [5.74, 6) is 0.121. The maximum absolute atomic E-state index is 11.4. The highest BCUT2D eigenvalue weighted by molar-refractivity contribution is 5.75. The molecule has 0 spiro atoms. The number of nitrogens with one attached hydrogen (secondary N) is 1. The number of carbonyl (C=O) groups is 1. The average molecular weight is 213 g/mol. The van der Waals surface area contributed by atoms with E-state index in [9.17, 15) is 9.90 Å². The molecule has 0 aromatic heterocycles. The lowest BCUT2D eigenvalue weighted by molar-refractivity contribution is -0.122. The standard InChI is InChI=1S/C12H23NO2/c1-2-6-11(15)13-9-12(10-14)7-4-3-5-8-12/h14H,2-10H2,1H3,(H,13,15). The molecule has 15 heavy (non-hydrogen) atoms. The Balaban J connectivity index is 2.35. The first-order valence-corrected chi connectivity index (χ1v) is 6.10. The van der Waals surface area contributed by atoms with Crippen molar-refractivity contribution in [1.82, 2.24) is 5.32 Å². The van der Waals surface area contributed by atoms with Gasteiger partial charge in [0.2, 0.25) is 5.91 Å². The molecule has 0 aromatic carbocycles. The van der Waals surface area contributed by atoms with Gasteiger partial charge >= 0.3 is 0 Å². The summed E-state index contributed by atoms with van der Waals surface area (Å²) in [4.78, 5) is 11.4. The summed E-state index contributed by atoms with van der Waals surface area (Å²) >= 11 is 0. The molecule has 1 amide bonds. The monoisotopic (exact) mass is 213 g/mol. The van der Waals surface area contributed by atoms with Gasteiger partial charge in [-0.2, -0.15) is 0 Å². The highest BCUT2D eigenvalue weighted by Gasteiger charge is 2.31. The molecule has 1 rings (SSSR count). The molecule has 0 atom stereocenters. The fraction of sp³-hybridized carbons (Fsp3) is 0.917. The Morgan fingerprint density at radius 3 is 2.53 bits per heavy atom. The highest BCUT2D eigenvalue weighted by Crippen LogP contribution is 2.35. The van der Waals surface area contributed by atoms with Crippen molar-refractivity contribution in [3.63, 3.8) is 0 Å². The van der Waals surface area contributed by atoms with Crippen LogP contribution in [0, 0.1) is 5.41 Å². The van der Waals surface area contributed by atoms with Crippen molar-refractivity contribution >= 4 is 5.91 Å². The number of hydrogen-bond donors (Lipinski definition) is 2. The largest absolute Gasteiger partial charge is 0.396 e. The van der Waals surface area contributed by atoms with Gasteiger partial charge in [0.15, 0.2) is 0 Å². The lowest BCUT2D eigenvalue weighted by Gasteiger charge is -2.35. The summed E-state index contributed by atoms with van der Waals surface area (Å²) in [6.45, 7) is 2.86. The van der Waals surface area contributed by atoms with Crippen LogP contribution in [0.25, 0.3) is 0 Å². The zero-order valence-electron chi connectivity index (χ0n) is 9.72. The molecule has 0 unspecified atom stereocenters. The van der Waals surface area contributed by atoms with Crippen LogP contribution in [-0.4, -0.2) is 24.2 Å². The van der Waals surface area contributed by atoms with E-state index < -0.39 is 0 Å². The Bertz CT molecular complexity index is 198. The number of aliphatic hydroxyl groups is 1. The summed E-state index contributed by atoms with van der Waals surface area (Å²) in [5, 5.41) is 12.4. The summed E-state index contributed by atoms with van der Waals surface area (Å²) < 4.78 is 0. The predicted molar refractivity (Wildman–Crippen MR) is 60.5 cm³/mol. The van der Waals surface area contributed by atoms with Crippen molar-refractivity contribution in [1.29, 1.82) is 0 Å². The maximum Gasteiger partial charge on any atom is 0.220 e. The van der Waals surface area contributed by atoms with Crippen LogP contribution in [-0.2, 0) is 4.79 Å². The van der Waals surface area contributed by atoms with Gasteiger partial charge in [-0.15, -0.1) is 0 Å². The Labute approximate surface area is 92.3 Å². The SMILES string of the molecule is CCCC(=O)NCC1(CO)CCCCC1. The highest BCUT2D eigenvalue weighted by atomic mass is 16.3. The topological polar surface area (TPSA) is 49.3 Å². The van der Waals surface area contributed by atoms with Crippen molar-refractivity contribution in [2.24, 2.45) is 5.41 Å². The van der Waals surface area contributed by atoms with Gasteiger partial charge in [-0.05, 0) is 19.3 Å². The second kappa shape index (κ2) is 6.11. The minimum atomic E-state index is -0.0261. The Kier molecular flexibility index (Phi) is 5.09. The van der Waals surface area contributed by atoms with Crippen molar-refractivity contribution in [2.45, 2.75) is 51.9 Å². The molecule has 0 radical (unpaired) electrons. The minimum absolute atomic E-state index is 0.0261. The van der Waals surface area contributed by atoms with Gasteiger partial charge in [0, 0.05) is 18.4 Å². The van der Waals surface area contributed by atoms with Crippen LogP contribution in [0.15, 0.2) is 0 Å². The molecular formula is C12H23NO2. The van der Waals surface area contributed by atoms with Crippen molar-refractivity contribution in [2.75, 3.05) is 13.2 Å². The molecule has 0 bridgehead atoms. The summed E-state index contributed by atoms with van der Waals surface area (Å²) in [7, 11) is 0. The third kappa shape index (κ3) is 3.82. The molecular weight excluding hydrogens is 190 g/mol. The van der Waals surface area contributed by atoms with E-state index in [1.807, 2.05) is 6.92 Å². The number of aliphatic hydroxyl groups excluding tert-OH is 1. The molecule has 0 saturated heterocycles. The number of carbonyl (C=O) groups excluding carboxylic acids is 1. The van der Waals surface area contributed by atoms with Gasteiger partial charge < -0.3 is 10.4 Å². The summed E-state index contributed by atoms with van der Waals surface area (Å²) in [5.41, 5.74) is -0.0261. The van der Waals surface area contributed by atoms with E-state index in [-0.39, 0.29) is 17.9 Å². The third-order valence-corrected chi connectivity index (χ3v) is 3.39. The Morgan fingerprint density at radius 1 is 1.33 bits per heavy atom. The zero-order chi connectivity index (χ0) is 11.1. The first-order chi connectivity index (χ1) is 7.22. The first kappa shape index (κ1) is 12.5. The van der Waals surface area contributed by atoms with E-state index in [1.54, 1.807) is 0 Å². The fourth-order valence-electron chi connectivity index (χ4n) is 2.29. The zero-order valence-corrected chi connectivity index (χ0v) is 9.72. The van der Waals surface area contributed by atoms with Crippen LogP contribution < -0.4 is 5.32 Å². The van der Waals surface area contributed by atoms with Gasteiger partial charge in [-0.1, -0.05) is 26.2 Å². The van der Waals surface area contributed by atoms with Gasteiger partial charge in [0.1, 0.15) is 0 Å². The summed E-state index contributed by atoms with van der Waals surface area (Å²) in [6.07, 6.45) is 7.23. The smallest absolute Gasteiger partial charge is 0.220 e. The van der Waals surface area contributed by atoms with Gasteiger partial charge in [-0.25, -0.2) is 0 Å². The van der Waals surface area contributed by atoms with Crippen LogP contribution in [0.3, 0.4) is 0 Å². The first-order valence-electron chi connectivity index (χ1n) is 6.10. The van der Waals surface area contributed by atoms with Gasteiger partial charge in [0.05, 0.1) is 6.61 Å². The van der Waals surface area contributed by atoms with E-state index in [0.29, 0.717) is 13.0 Å². The molecule has 3 nitrogen and oxygen atoms in total. The van der Waals surface area contributed by atoms with Crippen LogP contribution in [0.2, 0.25) is 0 Å². The molecule has 2 N–H and O–H groups in total. The van der Waals surface area contributed by atoms with Crippen molar-refractivity contribution in [3.05, 3.63) is 0 Å². The molecule has 88 valence electrons. The van der Waals surface area contributed by atoms with Gasteiger partial charge in [0.25, 0.3) is 0 Å². The van der Waals surface area contributed by atoms with Crippen molar-refractivity contribution < 1.29 is 9.90 Å². The van der Waals surface area contributed by atoms with E-state index in [1.165, 1.54) is 19.3 Å². The minimum Gasteiger partial charge on any atom is -0.396 e. The second-order valence-electron chi connectivity index (χ2n) is 4.75. The lowest BCUT2D eigenvalue weighted by atomic mass is 9.74. The predicted octanol–water partition coefficient (Wildman–Crippen LogP) is 1.85. The molecule has 1 aliphatic carbocycles. The second-order valence-corrected chi connectivity index (χ2v) is 4.75. The van der Waals surface area contributed by atoms with Crippen LogP contribution in [0.1, 0.15) is 51.9 Å². The lowest BCUT2D eigenvalue weighted by Crippen LogP contribution is -2.41. The van der Waals surface area contributed by atoms with Gasteiger partial charge in [-0.3, -0.25) is 4.79 Å². The summed E-state index contributed by atoms with van der Waals surface area (Å²) in [6, 6.07) is 0. The molecule has 0 aromatic rings. The molecule has 1 aliphatic rings. The molecule has 0 aliphatic heterocycles. The normalized spacial score (nSPS) is 19.9. The fourth-order valence-corrected chi connectivity index (χ4v) is 2.29. The third-order valence-electron chi connectivity index (χ3n) is 3.39. The van der Waals surface area contributed by atoms with Crippen LogP contribution >= 0.6 is 0 Å². The average Bonchev–Trinajstić information content (AvgIpc) is 2.28. The maximum atomic E-state index is 11.4. The van der Waals surface area contributed by atoms with E-state index in [4.69, 9.17) is 0 Å². The quantitative estimate of drug-likeness (QED) is 0.732. The van der Waals surface area contributed by atoms with E-state index >= 15 is 0 Å². The number of rotatable bonds is 5. The molecule has 3 heteroatoms. The van der Waals surface area contributed by atoms with Crippen LogP contribution in [0.4, 0.5) is 0 Å². The Hall–Kier alpha value is -0.570. The Morgan fingerprint density at radius 2 is 2.00 bits per heavy atom. The van der Waals surface area contributed by atoms with E-state index in [2.05, 4.69) is 5.32 Å². The molecule has 0 heterocycles.